The van der Waals surface area contributed by atoms with Crippen molar-refractivity contribution in [3.63, 3.8) is 0 Å². The largest absolute Gasteiger partial charge is 0.462 e. The van der Waals surface area contributed by atoms with Gasteiger partial charge in [0.1, 0.15) is 18.1 Å². The third-order valence-corrected chi connectivity index (χ3v) is 3.09. The molecule has 3 heteroatoms. The van der Waals surface area contributed by atoms with Crippen molar-refractivity contribution < 1.29 is 9.52 Å². The van der Waals surface area contributed by atoms with Crippen LogP contribution in [-0.4, -0.2) is 22.6 Å². The van der Waals surface area contributed by atoms with Gasteiger partial charge in [0.25, 0.3) is 0 Å². The highest BCUT2D eigenvalue weighted by molar-refractivity contribution is 5.07. The normalized spacial score (nSPS) is 15.9. The monoisotopic (exact) mass is 223 g/mol. The van der Waals surface area contributed by atoms with E-state index in [0.29, 0.717) is 5.76 Å². The van der Waals surface area contributed by atoms with E-state index in [-0.39, 0.29) is 6.61 Å². The highest BCUT2D eigenvalue weighted by Gasteiger charge is 2.28. The second-order valence-corrected chi connectivity index (χ2v) is 4.58. The van der Waals surface area contributed by atoms with Crippen LogP contribution in [0.15, 0.2) is 16.5 Å². The summed E-state index contributed by atoms with van der Waals surface area (Å²) >= 11 is 0. The molecule has 1 aromatic rings. The molecule has 1 aromatic heterocycles. The quantitative estimate of drug-likeness (QED) is 0.771. The zero-order valence-electron chi connectivity index (χ0n) is 9.98. The van der Waals surface area contributed by atoms with Crippen LogP contribution in [0, 0.1) is 0 Å². The van der Waals surface area contributed by atoms with Gasteiger partial charge < -0.3 is 9.52 Å². The van der Waals surface area contributed by atoms with Crippen molar-refractivity contribution in [2.75, 3.05) is 6.54 Å². The van der Waals surface area contributed by atoms with Gasteiger partial charge >= 0.3 is 0 Å². The van der Waals surface area contributed by atoms with Gasteiger partial charge in [-0.3, -0.25) is 4.90 Å². The molecule has 0 spiro atoms. The molecule has 0 saturated heterocycles. The molecule has 2 rings (SSSR count). The number of rotatable bonds is 7. The van der Waals surface area contributed by atoms with E-state index in [4.69, 9.17) is 9.52 Å². The number of aliphatic hydroxyl groups excluding tert-OH is 1. The smallest absolute Gasteiger partial charge is 0.129 e. The van der Waals surface area contributed by atoms with Crippen molar-refractivity contribution >= 4 is 0 Å². The SMILES string of the molecule is CCCCN(Cc1ccc(CO)o1)C1CC1. The lowest BCUT2D eigenvalue weighted by Gasteiger charge is -2.20. The molecule has 1 aliphatic carbocycles. The summed E-state index contributed by atoms with van der Waals surface area (Å²) in [4.78, 5) is 2.50. The summed E-state index contributed by atoms with van der Waals surface area (Å²) in [6.45, 7) is 4.28. The Hall–Kier alpha value is -0.800. The van der Waals surface area contributed by atoms with Crippen LogP contribution < -0.4 is 0 Å². The zero-order chi connectivity index (χ0) is 11.4. The lowest BCUT2D eigenvalue weighted by molar-refractivity contribution is 0.211. The van der Waals surface area contributed by atoms with Gasteiger partial charge in [0, 0.05) is 6.04 Å². The first-order chi connectivity index (χ1) is 7.83. The molecule has 16 heavy (non-hydrogen) atoms. The first-order valence-electron chi connectivity index (χ1n) is 6.26. The van der Waals surface area contributed by atoms with Crippen LogP contribution in [-0.2, 0) is 13.2 Å². The molecule has 90 valence electrons. The van der Waals surface area contributed by atoms with Gasteiger partial charge in [-0.15, -0.1) is 0 Å². The summed E-state index contributed by atoms with van der Waals surface area (Å²) in [6.07, 6.45) is 5.15. The average molecular weight is 223 g/mol. The third kappa shape index (κ3) is 3.09. The van der Waals surface area contributed by atoms with Crippen molar-refractivity contribution in [2.45, 2.75) is 51.8 Å². The van der Waals surface area contributed by atoms with Gasteiger partial charge in [0.05, 0.1) is 6.54 Å². The summed E-state index contributed by atoms with van der Waals surface area (Å²) in [6, 6.07) is 4.61. The van der Waals surface area contributed by atoms with E-state index in [1.54, 1.807) is 0 Å². The Balaban J connectivity index is 1.88. The maximum Gasteiger partial charge on any atom is 0.129 e. The highest BCUT2D eigenvalue weighted by Crippen LogP contribution is 2.28. The minimum Gasteiger partial charge on any atom is -0.462 e. The fourth-order valence-corrected chi connectivity index (χ4v) is 1.98. The average Bonchev–Trinajstić information content (AvgIpc) is 3.05. The summed E-state index contributed by atoms with van der Waals surface area (Å²) in [7, 11) is 0. The Morgan fingerprint density at radius 2 is 2.12 bits per heavy atom. The fourth-order valence-electron chi connectivity index (χ4n) is 1.98. The molecule has 0 bridgehead atoms. The highest BCUT2D eigenvalue weighted by atomic mass is 16.4. The minimum absolute atomic E-state index is 0.00160. The number of nitrogens with zero attached hydrogens (tertiary/aromatic N) is 1. The molecule has 1 saturated carbocycles. The van der Waals surface area contributed by atoms with Gasteiger partial charge in [-0.1, -0.05) is 13.3 Å². The Morgan fingerprint density at radius 3 is 2.69 bits per heavy atom. The second kappa shape index (κ2) is 5.51. The van der Waals surface area contributed by atoms with E-state index in [0.717, 1.165) is 24.9 Å². The number of aliphatic hydroxyl groups is 1. The van der Waals surface area contributed by atoms with Gasteiger partial charge in [0.2, 0.25) is 0 Å². The fraction of sp³-hybridized carbons (Fsp3) is 0.692. The van der Waals surface area contributed by atoms with Crippen molar-refractivity contribution in [2.24, 2.45) is 0 Å². The molecule has 1 N–H and O–H groups in total. The van der Waals surface area contributed by atoms with E-state index in [9.17, 15) is 0 Å². The molecular weight excluding hydrogens is 202 g/mol. The zero-order valence-corrected chi connectivity index (χ0v) is 9.98. The van der Waals surface area contributed by atoms with Crippen molar-refractivity contribution in [1.29, 1.82) is 0 Å². The molecule has 0 aliphatic heterocycles. The minimum atomic E-state index is -0.00160. The Bertz CT molecular complexity index is 317. The standard InChI is InChI=1S/C13H21NO2/c1-2-3-8-14(11-4-5-11)9-12-6-7-13(10-15)16-12/h6-7,11,15H,2-5,8-10H2,1H3. The van der Waals surface area contributed by atoms with Crippen LogP contribution >= 0.6 is 0 Å². The molecule has 0 unspecified atom stereocenters. The van der Waals surface area contributed by atoms with Crippen molar-refractivity contribution in [1.82, 2.24) is 4.90 Å². The van der Waals surface area contributed by atoms with Gasteiger partial charge in [0.15, 0.2) is 0 Å². The molecule has 1 aliphatic rings. The molecule has 0 aromatic carbocycles. The molecule has 1 heterocycles. The molecule has 0 amide bonds. The van der Waals surface area contributed by atoms with E-state index in [1.165, 1.54) is 25.7 Å². The van der Waals surface area contributed by atoms with Gasteiger partial charge in [-0.05, 0) is 37.9 Å². The Kier molecular flexibility index (Phi) is 4.02. The topological polar surface area (TPSA) is 36.6 Å². The van der Waals surface area contributed by atoms with E-state index in [1.807, 2.05) is 12.1 Å². The van der Waals surface area contributed by atoms with Crippen LogP contribution in [0.4, 0.5) is 0 Å². The van der Waals surface area contributed by atoms with E-state index in [2.05, 4.69) is 11.8 Å². The maximum absolute atomic E-state index is 8.94. The van der Waals surface area contributed by atoms with Crippen molar-refractivity contribution in [3.05, 3.63) is 23.7 Å². The first-order valence-corrected chi connectivity index (χ1v) is 6.26. The van der Waals surface area contributed by atoms with Crippen LogP contribution in [0.3, 0.4) is 0 Å². The summed E-state index contributed by atoms with van der Waals surface area (Å²) in [5.74, 6) is 1.65. The van der Waals surface area contributed by atoms with Gasteiger partial charge in [-0.25, -0.2) is 0 Å². The molecular formula is C13H21NO2. The summed E-state index contributed by atoms with van der Waals surface area (Å²) in [5.41, 5.74) is 0. The Labute approximate surface area is 97.1 Å². The lowest BCUT2D eigenvalue weighted by Crippen LogP contribution is -2.26. The number of furan rings is 1. The van der Waals surface area contributed by atoms with Gasteiger partial charge in [-0.2, -0.15) is 0 Å². The summed E-state index contributed by atoms with van der Waals surface area (Å²) in [5, 5.41) is 8.94. The predicted molar refractivity (Wildman–Crippen MR) is 63.0 cm³/mol. The lowest BCUT2D eigenvalue weighted by atomic mass is 10.3. The number of hydrogen-bond donors (Lipinski definition) is 1. The number of hydrogen-bond acceptors (Lipinski definition) is 3. The first kappa shape index (κ1) is 11.7. The van der Waals surface area contributed by atoms with Crippen molar-refractivity contribution in [3.8, 4) is 0 Å². The molecule has 0 radical (unpaired) electrons. The predicted octanol–water partition coefficient (Wildman–Crippen LogP) is 2.54. The molecule has 3 nitrogen and oxygen atoms in total. The summed E-state index contributed by atoms with van der Waals surface area (Å²) < 4.78 is 5.53. The molecule has 0 atom stereocenters. The molecule has 1 fully saturated rings. The van der Waals surface area contributed by atoms with E-state index < -0.39 is 0 Å². The second-order valence-electron chi connectivity index (χ2n) is 4.58. The number of unbranched alkanes of at least 4 members (excludes halogenated alkanes) is 1. The van der Waals surface area contributed by atoms with E-state index >= 15 is 0 Å². The Morgan fingerprint density at radius 1 is 1.38 bits per heavy atom. The van der Waals surface area contributed by atoms with Crippen LogP contribution in [0.1, 0.15) is 44.1 Å². The third-order valence-electron chi connectivity index (χ3n) is 3.09. The van der Waals surface area contributed by atoms with Crippen LogP contribution in [0.5, 0.6) is 0 Å². The van der Waals surface area contributed by atoms with Crippen LogP contribution in [0.2, 0.25) is 0 Å². The van der Waals surface area contributed by atoms with Crippen LogP contribution in [0.25, 0.3) is 0 Å². The maximum atomic E-state index is 8.94.